The van der Waals surface area contributed by atoms with Gasteiger partial charge < -0.3 is 19.3 Å². The second-order valence-electron chi connectivity index (χ2n) is 11.6. The summed E-state index contributed by atoms with van der Waals surface area (Å²) in [6, 6.07) is 17.1. The van der Waals surface area contributed by atoms with Gasteiger partial charge in [-0.25, -0.2) is 4.39 Å². The van der Waals surface area contributed by atoms with Crippen molar-refractivity contribution in [1.29, 1.82) is 0 Å². The average molecular weight is 692 g/mol. The zero-order chi connectivity index (χ0) is 34.2. The molecule has 0 bridgehead atoms. The fourth-order valence-corrected chi connectivity index (χ4v) is 6.83. The molecule has 2 heterocycles. The van der Waals surface area contributed by atoms with Crippen LogP contribution < -0.4 is 19.1 Å². The van der Waals surface area contributed by atoms with Gasteiger partial charge in [0.05, 0.1) is 31.9 Å². The highest BCUT2D eigenvalue weighted by molar-refractivity contribution is 8.00. The van der Waals surface area contributed by atoms with Gasteiger partial charge in [0.15, 0.2) is 15.8 Å². The number of amides is 1. The first-order valence-electron chi connectivity index (χ1n) is 15.8. The van der Waals surface area contributed by atoms with Crippen molar-refractivity contribution in [1.82, 2.24) is 10.2 Å². The summed E-state index contributed by atoms with van der Waals surface area (Å²) in [4.78, 5) is 28.7. The Kier molecular flexibility index (Phi) is 11.7. The van der Waals surface area contributed by atoms with Gasteiger partial charge in [0.1, 0.15) is 17.3 Å². The second kappa shape index (κ2) is 16.1. The molecule has 1 amide bonds. The molecule has 1 aliphatic rings. The molecule has 9 nitrogen and oxygen atoms in total. The molecule has 0 spiro atoms. The van der Waals surface area contributed by atoms with E-state index in [-0.39, 0.29) is 22.3 Å². The molecular formula is C36H38FN3O6S2. The van der Waals surface area contributed by atoms with E-state index in [9.17, 15) is 19.1 Å². The first-order valence-corrected chi connectivity index (χ1v) is 17.6. The quantitative estimate of drug-likeness (QED) is 0.0329. The number of unbranched alkanes of at least 4 members (excludes halogenated alkanes) is 1. The van der Waals surface area contributed by atoms with Crippen molar-refractivity contribution in [2.24, 2.45) is 5.92 Å². The van der Waals surface area contributed by atoms with Crippen molar-refractivity contribution >= 4 is 45.7 Å². The van der Waals surface area contributed by atoms with E-state index in [0.29, 0.717) is 57.6 Å². The molecule has 4 aromatic rings. The van der Waals surface area contributed by atoms with Crippen molar-refractivity contribution < 1.29 is 33.3 Å². The summed E-state index contributed by atoms with van der Waals surface area (Å²) in [5, 5.41) is 20.3. The van der Waals surface area contributed by atoms with Crippen LogP contribution in [0.1, 0.15) is 62.8 Å². The molecule has 12 heteroatoms. The van der Waals surface area contributed by atoms with E-state index in [1.54, 1.807) is 54.6 Å². The lowest BCUT2D eigenvalue weighted by Crippen LogP contribution is -2.29. The molecule has 0 saturated carbocycles. The summed E-state index contributed by atoms with van der Waals surface area (Å²) in [6.45, 7) is 7.36. The Morgan fingerprint density at radius 2 is 1.75 bits per heavy atom. The van der Waals surface area contributed by atoms with Crippen LogP contribution in [0.2, 0.25) is 0 Å². The van der Waals surface area contributed by atoms with Gasteiger partial charge in [-0.05, 0) is 78.4 Å². The highest BCUT2D eigenvalue weighted by atomic mass is 32.2. The summed E-state index contributed by atoms with van der Waals surface area (Å²) in [5.74, 6) is 0.192. The van der Waals surface area contributed by atoms with E-state index < -0.39 is 17.7 Å². The zero-order valence-electron chi connectivity index (χ0n) is 27.3. The summed E-state index contributed by atoms with van der Waals surface area (Å²) < 4.78 is 31.3. The SMILES string of the molecule is CCCCOc1ccc(C(O)=C2C(=O)C(=O)N(c3nnc(SCc4ccc(F)cc4)s3)C2c2ccc(OCCC(C)C)c(OC)c2)cc1. The van der Waals surface area contributed by atoms with Gasteiger partial charge in [-0.2, -0.15) is 0 Å². The summed E-state index contributed by atoms with van der Waals surface area (Å²) >= 11 is 2.52. The second-order valence-corrected chi connectivity index (χ2v) is 13.8. The Morgan fingerprint density at radius 1 is 1.00 bits per heavy atom. The number of nitrogens with zero attached hydrogens (tertiary/aromatic N) is 3. The van der Waals surface area contributed by atoms with Crippen molar-refractivity contribution in [3.05, 3.63) is 94.8 Å². The lowest BCUT2D eigenvalue weighted by molar-refractivity contribution is -0.132. The lowest BCUT2D eigenvalue weighted by Gasteiger charge is -2.23. The van der Waals surface area contributed by atoms with E-state index in [4.69, 9.17) is 14.2 Å². The van der Waals surface area contributed by atoms with Gasteiger partial charge >= 0.3 is 5.91 Å². The number of hydrogen-bond donors (Lipinski definition) is 1. The van der Waals surface area contributed by atoms with Crippen LogP contribution in [0.15, 0.2) is 76.6 Å². The van der Waals surface area contributed by atoms with Crippen LogP contribution in [0.25, 0.3) is 5.76 Å². The number of carbonyl (C=O) groups is 2. The topological polar surface area (TPSA) is 111 Å². The highest BCUT2D eigenvalue weighted by Gasteiger charge is 2.48. The predicted octanol–water partition coefficient (Wildman–Crippen LogP) is 8.21. The van der Waals surface area contributed by atoms with E-state index >= 15 is 0 Å². The van der Waals surface area contributed by atoms with Crippen LogP contribution in [0.4, 0.5) is 9.52 Å². The number of rotatable bonds is 15. The maximum absolute atomic E-state index is 13.7. The number of carbonyl (C=O) groups excluding carboxylic acids is 2. The number of thioether (sulfide) groups is 1. The van der Waals surface area contributed by atoms with Crippen LogP contribution in [-0.2, 0) is 15.3 Å². The van der Waals surface area contributed by atoms with Crippen LogP contribution in [0.3, 0.4) is 0 Å². The van der Waals surface area contributed by atoms with Gasteiger partial charge in [0.25, 0.3) is 5.78 Å². The third-order valence-corrected chi connectivity index (χ3v) is 9.80. The minimum absolute atomic E-state index is 0.0918. The largest absolute Gasteiger partial charge is 0.507 e. The Labute approximate surface area is 287 Å². The highest BCUT2D eigenvalue weighted by Crippen LogP contribution is 2.45. The minimum atomic E-state index is -1.04. The van der Waals surface area contributed by atoms with Gasteiger partial charge in [-0.15, -0.1) is 10.2 Å². The van der Waals surface area contributed by atoms with Crippen molar-refractivity contribution in [2.75, 3.05) is 25.2 Å². The molecule has 1 fully saturated rings. The Hall–Kier alpha value is -4.42. The van der Waals surface area contributed by atoms with Crippen LogP contribution >= 0.6 is 23.1 Å². The van der Waals surface area contributed by atoms with E-state index in [1.165, 1.54) is 35.9 Å². The predicted molar refractivity (Wildman–Crippen MR) is 185 cm³/mol. The van der Waals surface area contributed by atoms with Crippen LogP contribution in [0, 0.1) is 11.7 Å². The fraction of sp³-hybridized carbons (Fsp3) is 0.333. The minimum Gasteiger partial charge on any atom is -0.507 e. The van der Waals surface area contributed by atoms with Gasteiger partial charge in [-0.1, -0.05) is 68.5 Å². The van der Waals surface area contributed by atoms with E-state index in [0.717, 1.165) is 36.2 Å². The standard InChI is InChI=1S/C36H38FN3O6S2/c1-5-6-18-45-27-14-9-24(10-15-27)32(41)30-31(25-11-16-28(29(20-25)44-4)46-19-17-22(2)3)40(34(43)33(30)42)35-38-39-36(48-35)47-21-23-7-12-26(37)13-8-23/h7-16,20,22,31,41H,5-6,17-19,21H2,1-4H3. The number of benzene rings is 3. The van der Waals surface area contributed by atoms with E-state index in [2.05, 4.69) is 31.0 Å². The molecule has 1 saturated heterocycles. The van der Waals surface area contributed by atoms with Gasteiger partial charge in [-0.3, -0.25) is 14.5 Å². The first-order chi connectivity index (χ1) is 23.2. The number of halogens is 1. The maximum Gasteiger partial charge on any atom is 0.301 e. The molecule has 1 aromatic heterocycles. The normalized spacial score (nSPS) is 15.7. The first kappa shape index (κ1) is 34.9. The molecule has 1 unspecified atom stereocenters. The number of Topliss-reactive ketones (excluding diaryl/α,β-unsaturated/α-hetero) is 1. The number of hydrogen-bond acceptors (Lipinski definition) is 10. The Bertz CT molecular complexity index is 1760. The lowest BCUT2D eigenvalue weighted by atomic mass is 9.95. The van der Waals surface area contributed by atoms with Crippen molar-refractivity contribution in [3.63, 3.8) is 0 Å². The molecule has 1 N–H and O–H groups in total. The average Bonchev–Trinajstić information content (AvgIpc) is 3.66. The number of methoxy groups -OCH3 is 1. The number of ketones is 1. The molecule has 5 rings (SSSR count). The van der Waals surface area contributed by atoms with Crippen LogP contribution in [0.5, 0.6) is 17.2 Å². The zero-order valence-corrected chi connectivity index (χ0v) is 28.9. The van der Waals surface area contributed by atoms with Gasteiger partial charge in [0, 0.05) is 11.3 Å². The molecule has 0 aliphatic carbocycles. The fourth-order valence-electron chi connectivity index (χ4n) is 5.01. The summed E-state index contributed by atoms with van der Waals surface area (Å²) in [6.07, 6.45) is 2.76. The van der Waals surface area contributed by atoms with Crippen molar-refractivity contribution in [3.8, 4) is 17.2 Å². The third-order valence-electron chi connectivity index (χ3n) is 7.67. The van der Waals surface area contributed by atoms with Crippen molar-refractivity contribution in [2.45, 2.75) is 56.2 Å². The molecule has 1 aliphatic heterocycles. The van der Waals surface area contributed by atoms with Crippen LogP contribution in [-0.4, -0.2) is 47.3 Å². The van der Waals surface area contributed by atoms with Gasteiger partial charge in [0.2, 0.25) is 5.13 Å². The summed E-state index contributed by atoms with van der Waals surface area (Å²) in [7, 11) is 1.52. The Balaban J connectivity index is 1.52. The molecule has 3 aromatic carbocycles. The molecule has 0 radical (unpaired) electrons. The third kappa shape index (κ3) is 8.16. The number of aromatic nitrogens is 2. The smallest absolute Gasteiger partial charge is 0.301 e. The molecule has 252 valence electrons. The molecule has 48 heavy (non-hydrogen) atoms. The molecular weight excluding hydrogens is 654 g/mol. The number of aliphatic hydroxyl groups excluding tert-OH is 1. The number of ether oxygens (including phenoxy) is 3. The monoisotopic (exact) mass is 691 g/mol. The van der Waals surface area contributed by atoms with E-state index in [1.807, 2.05) is 0 Å². The summed E-state index contributed by atoms with van der Waals surface area (Å²) in [5.41, 5.74) is 1.67. The number of anilines is 1. The molecule has 1 atom stereocenters. The number of aliphatic hydroxyl groups is 1. The Morgan fingerprint density at radius 3 is 2.44 bits per heavy atom. The maximum atomic E-state index is 13.7.